The van der Waals surface area contributed by atoms with Crippen molar-refractivity contribution in [3.05, 3.63) is 45.8 Å². The summed E-state index contributed by atoms with van der Waals surface area (Å²) >= 11 is 5.97. The number of aromatic nitrogens is 1. The zero-order valence-electron chi connectivity index (χ0n) is 14.7. The van der Waals surface area contributed by atoms with E-state index in [1.807, 2.05) is 18.7 Å². The minimum Gasteiger partial charge on any atom is -0.496 e. The van der Waals surface area contributed by atoms with Crippen molar-refractivity contribution in [1.29, 1.82) is 0 Å². The number of aryl methyl sites for hydroxylation is 2. The molecule has 6 nitrogen and oxygen atoms in total. The predicted molar refractivity (Wildman–Crippen MR) is 95.2 cm³/mol. The van der Waals surface area contributed by atoms with Crippen LogP contribution in [0.5, 0.6) is 5.75 Å². The summed E-state index contributed by atoms with van der Waals surface area (Å²) in [5.41, 5.74) is 2.62. The molecule has 3 rings (SSSR count). The molecule has 25 heavy (non-hydrogen) atoms. The first-order valence-electron chi connectivity index (χ1n) is 8.26. The number of benzene rings is 1. The van der Waals surface area contributed by atoms with E-state index >= 15 is 0 Å². The molecule has 1 aliphatic rings. The number of nitrogens with zero attached hydrogens (tertiary/aromatic N) is 3. The van der Waals surface area contributed by atoms with E-state index in [0.29, 0.717) is 29.4 Å². The van der Waals surface area contributed by atoms with Gasteiger partial charge in [-0.05, 0) is 32.0 Å². The molecular weight excluding hydrogens is 342 g/mol. The third-order valence-corrected chi connectivity index (χ3v) is 4.85. The molecule has 1 aromatic carbocycles. The first-order chi connectivity index (χ1) is 12.0. The monoisotopic (exact) mass is 363 g/mol. The maximum atomic E-state index is 12.8. The van der Waals surface area contributed by atoms with Gasteiger partial charge in [-0.25, -0.2) is 0 Å². The van der Waals surface area contributed by atoms with Crippen molar-refractivity contribution in [2.24, 2.45) is 0 Å². The Morgan fingerprint density at radius 2 is 2.00 bits per heavy atom. The minimum atomic E-state index is -0.0227. The average molecular weight is 364 g/mol. The van der Waals surface area contributed by atoms with Crippen molar-refractivity contribution in [2.45, 2.75) is 20.4 Å². The summed E-state index contributed by atoms with van der Waals surface area (Å²) in [6, 6.07) is 5.10. The third-order valence-electron chi connectivity index (χ3n) is 4.62. The first kappa shape index (κ1) is 17.8. The smallest absolute Gasteiger partial charge is 0.257 e. The van der Waals surface area contributed by atoms with E-state index in [9.17, 15) is 4.79 Å². The predicted octanol–water partition coefficient (Wildman–Crippen LogP) is 2.91. The Morgan fingerprint density at radius 1 is 1.28 bits per heavy atom. The van der Waals surface area contributed by atoms with Crippen LogP contribution in [0, 0.1) is 13.8 Å². The lowest BCUT2D eigenvalue weighted by Gasteiger charge is -2.34. The van der Waals surface area contributed by atoms with Crippen LogP contribution in [0.25, 0.3) is 0 Å². The number of hydrogen-bond donors (Lipinski definition) is 0. The van der Waals surface area contributed by atoms with Crippen LogP contribution in [0.3, 0.4) is 0 Å². The number of methoxy groups -OCH3 is 1. The maximum absolute atomic E-state index is 12.8. The molecule has 134 valence electrons. The van der Waals surface area contributed by atoms with E-state index in [-0.39, 0.29) is 5.91 Å². The van der Waals surface area contributed by atoms with Gasteiger partial charge >= 0.3 is 0 Å². The molecule has 2 aromatic rings. The molecule has 0 bridgehead atoms. The molecule has 0 unspecified atom stereocenters. The van der Waals surface area contributed by atoms with Gasteiger partial charge in [0.2, 0.25) is 0 Å². The molecule has 1 fully saturated rings. The fraction of sp³-hybridized carbons (Fsp3) is 0.444. The number of hydrogen-bond acceptors (Lipinski definition) is 5. The lowest BCUT2D eigenvalue weighted by molar-refractivity contribution is 0.0624. The third kappa shape index (κ3) is 3.80. The highest BCUT2D eigenvalue weighted by atomic mass is 35.5. The standard InChI is InChI=1S/C18H22ClN3O3/c1-12-16(13(2)25-20-12)11-21-6-8-22(9-7-21)18(23)15-5-4-14(19)10-17(15)24-3/h4-5,10H,6-9,11H2,1-3H3. The Morgan fingerprint density at radius 3 is 2.60 bits per heavy atom. The number of rotatable bonds is 4. The quantitative estimate of drug-likeness (QED) is 0.836. The van der Waals surface area contributed by atoms with Crippen LogP contribution in [0.2, 0.25) is 5.02 Å². The number of piperazine rings is 1. The molecule has 0 N–H and O–H groups in total. The van der Waals surface area contributed by atoms with Gasteiger partial charge < -0.3 is 14.2 Å². The highest BCUT2D eigenvalue weighted by Crippen LogP contribution is 2.25. The lowest BCUT2D eigenvalue weighted by atomic mass is 10.1. The molecule has 1 amide bonds. The van der Waals surface area contributed by atoms with E-state index in [1.54, 1.807) is 25.3 Å². The molecule has 1 saturated heterocycles. The topological polar surface area (TPSA) is 58.8 Å². The van der Waals surface area contributed by atoms with Gasteiger partial charge in [0.05, 0.1) is 18.4 Å². The van der Waals surface area contributed by atoms with Crippen LogP contribution in [0.1, 0.15) is 27.4 Å². The molecular formula is C18H22ClN3O3. The SMILES string of the molecule is COc1cc(Cl)ccc1C(=O)N1CCN(Cc2c(C)noc2C)CC1. The van der Waals surface area contributed by atoms with E-state index in [0.717, 1.165) is 36.7 Å². The van der Waals surface area contributed by atoms with Gasteiger partial charge in [-0.3, -0.25) is 9.69 Å². The van der Waals surface area contributed by atoms with Gasteiger partial charge in [0.15, 0.2) is 0 Å². The number of amides is 1. The van der Waals surface area contributed by atoms with Gasteiger partial charge in [0.25, 0.3) is 5.91 Å². The second-order valence-electron chi connectivity index (χ2n) is 6.22. The van der Waals surface area contributed by atoms with Gasteiger partial charge in [-0.15, -0.1) is 0 Å². The van der Waals surface area contributed by atoms with Crippen LogP contribution < -0.4 is 4.74 Å². The van der Waals surface area contributed by atoms with Crippen molar-refractivity contribution in [3.8, 4) is 5.75 Å². The van der Waals surface area contributed by atoms with E-state index in [4.69, 9.17) is 20.9 Å². The van der Waals surface area contributed by atoms with Crippen molar-refractivity contribution < 1.29 is 14.1 Å². The summed E-state index contributed by atoms with van der Waals surface area (Å²) in [7, 11) is 1.55. The summed E-state index contributed by atoms with van der Waals surface area (Å²) in [5, 5.41) is 4.55. The maximum Gasteiger partial charge on any atom is 0.257 e. The zero-order valence-corrected chi connectivity index (χ0v) is 15.5. The Hall–Kier alpha value is -2.05. The Bertz CT molecular complexity index is 747. The summed E-state index contributed by atoms with van der Waals surface area (Å²) < 4.78 is 10.5. The minimum absolute atomic E-state index is 0.0227. The first-order valence-corrected chi connectivity index (χ1v) is 8.64. The van der Waals surface area contributed by atoms with Crippen LogP contribution >= 0.6 is 11.6 Å². The highest BCUT2D eigenvalue weighted by molar-refractivity contribution is 6.30. The zero-order chi connectivity index (χ0) is 18.0. The molecule has 2 heterocycles. The molecule has 7 heteroatoms. The molecule has 0 atom stereocenters. The lowest BCUT2D eigenvalue weighted by Crippen LogP contribution is -2.48. The summed E-state index contributed by atoms with van der Waals surface area (Å²) in [4.78, 5) is 17.0. The van der Waals surface area contributed by atoms with Crippen LogP contribution in [-0.2, 0) is 6.54 Å². The Balaban J connectivity index is 1.63. The van der Waals surface area contributed by atoms with Crippen molar-refractivity contribution in [3.63, 3.8) is 0 Å². The molecule has 1 aromatic heterocycles. The van der Waals surface area contributed by atoms with Crippen molar-refractivity contribution >= 4 is 17.5 Å². The Kier molecular flexibility index (Phi) is 5.30. The number of carbonyl (C=O) groups excluding carboxylic acids is 1. The number of carbonyl (C=O) groups is 1. The Labute approximate surface area is 152 Å². The fourth-order valence-corrected chi connectivity index (χ4v) is 3.23. The van der Waals surface area contributed by atoms with Gasteiger partial charge in [-0.1, -0.05) is 16.8 Å². The highest BCUT2D eigenvalue weighted by Gasteiger charge is 2.25. The van der Waals surface area contributed by atoms with Crippen molar-refractivity contribution in [2.75, 3.05) is 33.3 Å². The molecule has 0 aliphatic carbocycles. The summed E-state index contributed by atoms with van der Waals surface area (Å²) in [5.74, 6) is 1.35. The van der Waals surface area contributed by atoms with Gasteiger partial charge in [-0.2, -0.15) is 0 Å². The summed E-state index contributed by atoms with van der Waals surface area (Å²) in [6.07, 6.45) is 0. The average Bonchev–Trinajstić information content (AvgIpc) is 2.93. The van der Waals surface area contributed by atoms with E-state index in [2.05, 4.69) is 10.1 Å². The van der Waals surface area contributed by atoms with Gasteiger partial charge in [0, 0.05) is 43.3 Å². The molecule has 0 radical (unpaired) electrons. The number of ether oxygens (including phenoxy) is 1. The molecule has 1 aliphatic heterocycles. The van der Waals surface area contributed by atoms with Crippen molar-refractivity contribution in [1.82, 2.24) is 15.0 Å². The molecule has 0 saturated carbocycles. The van der Waals surface area contributed by atoms with Crippen LogP contribution in [0.4, 0.5) is 0 Å². The van der Waals surface area contributed by atoms with Crippen LogP contribution in [-0.4, -0.2) is 54.2 Å². The normalized spacial score (nSPS) is 15.4. The fourth-order valence-electron chi connectivity index (χ4n) is 3.07. The van der Waals surface area contributed by atoms with E-state index < -0.39 is 0 Å². The summed E-state index contributed by atoms with van der Waals surface area (Å²) in [6.45, 7) is 7.66. The number of halogens is 1. The molecule has 0 spiro atoms. The second-order valence-corrected chi connectivity index (χ2v) is 6.65. The largest absolute Gasteiger partial charge is 0.496 e. The van der Waals surface area contributed by atoms with Gasteiger partial charge in [0.1, 0.15) is 11.5 Å². The van der Waals surface area contributed by atoms with E-state index in [1.165, 1.54) is 0 Å². The second kappa shape index (κ2) is 7.45. The van der Waals surface area contributed by atoms with Crippen LogP contribution in [0.15, 0.2) is 22.7 Å².